The van der Waals surface area contributed by atoms with Gasteiger partial charge in [-0.25, -0.2) is 0 Å². The van der Waals surface area contributed by atoms with Gasteiger partial charge in [-0.3, -0.25) is 4.79 Å². The summed E-state index contributed by atoms with van der Waals surface area (Å²) in [5, 5.41) is 10.1. The van der Waals surface area contributed by atoms with Crippen LogP contribution in [0.1, 0.15) is 25.0 Å². The lowest BCUT2D eigenvalue weighted by atomic mass is 9.88. The second kappa shape index (κ2) is 3.88. The number of furan rings is 1. The van der Waals surface area contributed by atoms with Crippen molar-refractivity contribution in [2.45, 2.75) is 31.3 Å². The number of likely N-dealkylation sites (tertiary alicyclic amines) is 1. The third kappa shape index (κ3) is 2.09. The average Bonchev–Trinajstić information content (AvgIpc) is 3.00. The molecule has 4 nitrogen and oxygen atoms in total. The first-order valence-corrected chi connectivity index (χ1v) is 6.20. The zero-order valence-electron chi connectivity index (χ0n) is 9.76. The highest BCUT2D eigenvalue weighted by Crippen LogP contribution is 2.44. The quantitative estimate of drug-likeness (QED) is 0.853. The Hall–Kier alpha value is -1.29. The summed E-state index contributed by atoms with van der Waals surface area (Å²) < 4.78 is 5.18. The van der Waals surface area contributed by atoms with Gasteiger partial charge in [-0.1, -0.05) is 0 Å². The van der Waals surface area contributed by atoms with Gasteiger partial charge < -0.3 is 14.4 Å². The lowest BCUT2D eigenvalue weighted by molar-refractivity contribution is -0.159. The van der Waals surface area contributed by atoms with Crippen LogP contribution in [0.5, 0.6) is 0 Å². The normalized spacial score (nSPS) is 22.3. The SMILES string of the molecule is O=C(CCc1ccco1)N1CC(O)(C2CC2)C1. The predicted octanol–water partition coefficient (Wildman–Crippen LogP) is 1.20. The Balaban J connectivity index is 1.45. The molecule has 2 aliphatic rings. The molecule has 0 bridgehead atoms. The predicted molar refractivity (Wildman–Crippen MR) is 61.3 cm³/mol. The van der Waals surface area contributed by atoms with Gasteiger partial charge >= 0.3 is 0 Å². The lowest BCUT2D eigenvalue weighted by Crippen LogP contribution is -2.64. The maximum absolute atomic E-state index is 11.8. The molecule has 17 heavy (non-hydrogen) atoms. The molecule has 1 aromatic rings. The Morgan fingerprint density at radius 3 is 2.88 bits per heavy atom. The standard InChI is InChI=1S/C13H17NO3/c15-12(6-5-11-2-1-7-17-11)14-8-13(16,9-14)10-3-4-10/h1-2,7,10,16H,3-6,8-9H2. The molecule has 0 unspecified atom stereocenters. The first-order valence-electron chi connectivity index (χ1n) is 6.20. The molecule has 1 N–H and O–H groups in total. The van der Waals surface area contributed by atoms with Crippen molar-refractivity contribution in [2.75, 3.05) is 13.1 Å². The van der Waals surface area contributed by atoms with Crippen molar-refractivity contribution in [3.05, 3.63) is 24.2 Å². The van der Waals surface area contributed by atoms with E-state index in [2.05, 4.69) is 0 Å². The molecule has 0 spiro atoms. The third-order valence-electron chi connectivity index (χ3n) is 3.78. The minimum Gasteiger partial charge on any atom is -0.469 e. The fraction of sp³-hybridized carbons (Fsp3) is 0.615. The number of aliphatic hydroxyl groups is 1. The van der Waals surface area contributed by atoms with E-state index < -0.39 is 5.60 Å². The summed E-state index contributed by atoms with van der Waals surface area (Å²) in [5.74, 6) is 1.40. The first kappa shape index (κ1) is 10.8. The van der Waals surface area contributed by atoms with E-state index in [0.717, 1.165) is 18.6 Å². The van der Waals surface area contributed by atoms with E-state index in [-0.39, 0.29) is 5.91 Å². The third-order valence-corrected chi connectivity index (χ3v) is 3.78. The lowest BCUT2D eigenvalue weighted by Gasteiger charge is -2.47. The number of amides is 1. The number of aryl methyl sites for hydroxylation is 1. The molecule has 1 aliphatic heterocycles. The van der Waals surface area contributed by atoms with E-state index in [9.17, 15) is 9.90 Å². The molecule has 1 saturated carbocycles. The molecule has 1 saturated heterocycles. The van der Waals surface area contributed by atoms with Crippen molar-refractivity contribution < 1.29 is 14.3 Å². The van der Waals surface area contributed by atoms with Crippen molar-refractivity contribution in [2.24, 2.45) is 5.92 Å². The second-order valence-electron chi connectivity index (χ2n) is 5.21. The summed E-state index contributed by atoms with van der Waals surface area (Å²) in [4.78, 5) is 13.6. The van der Waals surface area contributed by atoms with E-state index in [0.29, 0.717) is 31.8 Å². The molecule has 4 heteroatoms. The summed E-state index contributed by atoms with van der Waals surface area (Å²) in [5.41, 5.74) is -0.569. The Morgan fingerprint density at radius 2 is 2.29 bits per heavy atom. The van der Waals surface area contributed by atoms with Crippen LogP contribution >= 0.6 is 0 Å². The van der Waals surface area contributed by atoms with Crippen molar-refractivity contribution in [3.8, 4) is 0 Å². The van der Waals surface area contributed by atoms with Crippen LogP contribution in [0.15, 0.2) is 22.8 Å². The number of carbonyl (C=O) groups excluding carboxylic acids is 1. The molecular formula is C13H17NO3. The Labute approximate surface area is 100 Å². The zero-order valence-corrected chi connectivity index (χ0v) is 9.76. The van der Waals surface area contributed by atoms with Crippen molar-refractivity contribution >= 4 is 5.91 Å². The van der Waals surface area contributed by atoms with Gasteiger partial charge in [0.2, 0.25) is 5.91 Å². The van der Waals surface area contributed by atoms with E-state index in [4.69, 9.17) is 4.42 Å². The number of β-amino-alcohol motifs (C(OH)–C–C–N with tert-alkyl or cyclic N) is 1. The number of nitrogens with zero attached hydrogens (tertiary/aromatic N) is 1. The Morgan fingerprint density at radius 1 is 1.53 bits per heavy atom. The minimum absolute atomic E-state index is 0.117. The van der Waals surface area contributed by atoms with Gasteiger partial charge in [0.05, 0.1) is 19.4 Å². The molecule has 2 fully saturated rings. The van der Waals surface area contributed by atoms with Crippen LogP contribution in [0, 0.1) is 5.92 Å². The maximum Gasteiger partial charge on any atom is 0.223 e. The molecular weight excluding hydrogens is 218 g/mol. The van der Waals surface area contributed by atoms with Crippen LogP contribution in [0.4, 0.5) is 0 Å². The van der Waals surface area contributed by atoms with Gasteiger partial charge in [0.15, 0.2) is 0 Å². The van der Waals surface area contributed by atoms with Crippen molar-refractivity contribution in [1.82, 2.24) is 4.90 Å². The van der Waals surface area contributed by atoms with Crippen LogP contribution in [0.2, 0.25) is 0 Å². The van der Waals surface area contributed by atoms with Gasteiger partial charge in [0.25, 0.3) is 0 Å². The Kier molecular flexibility index (Phi) is 2.47. The molecule has 1 aliphatic carbocycles. The van der Waals surface area contributed by atoms with Crippen LogP contribution in [-0.2, 0) is 11.2 Å². The van der Waals surface area contributed by atoms with Crippen LogP contribution in [-0.4, -0.2) is 34.6 Å². The minimum atomic E-state index is -0.569. The number of hydrogen-bond donors (Lipinski definition) is 1. The van der Waals surface area contributed by atoms with Gasteiger partial charge in [0.1, 0.15) is 11.4 Å². The van der Waals surface area contributed by atoms with Crippen molar-refractivity contribution in [3.63, 3.8) is 0 Å². The van der Waals surface area contributed by atoms with E-state index in [1.807, 2.05) is 12.1 Å². The largest absolute Gasteiger partial charge is 0.469 e. The molecule has 0 radical (unpaired) electrons. The molecule has 1 amide bonds. The van der Waals surface area contributed by atoms with E-state index in [1.165, 1.54) is 0 Å². The van der Waals surface area contributed by atoms with E-state index >= 15 is 0 Å². The highest BCUT2D eigenvalue weighted by atomic mass is 16.3. The summed E-state index contributed by atoms with van der Waals surface area (Å²) in [7, 11) is 0. The molecule has 1 aromatic heterocycles. The highest BCUT2D eigenvalue weighted by molar-refractivity contribution is 5.77. The zero-order chi connectivity index (χ0) is 11.9. The van der Waals surface area contributed by atoms with Crippen LogP contribution < -0.4 is 0 Å². The van der Waals surface area contributed by atoms with E-state index in [1.54, 1.807) is 11.2 Å². The summed E-state index contributed by atoms with van der Waals surface area (Å²) in [6.45, 7) is 1.04. The molecule has 2 heterocycles. The summed E-state index contributed by atoms with van der Waals surface area (Å²) >= 11 is 0. The monoisotopic (exact) mass is 235 g/mol. The highest BCUT2D eigenvalue weighted by Gasteiger charge is 2.52. The topological polar surface area (TPSA) is 53.7 Å². The number of rotatable bonds is 4. The molecule has 3 rings (SSSR count). The molecule has 0 atom stereocenters. The van der Waals surface area contributed by atoms with Crippen LogP contribution in [0.3, 0.4) is 0 Å². The van der Waals surface area contributed by atoms with Gasteiger partial charge in [0, 0.05) is 12.8 Å². The van der Waals surface area contributed by atoms with Gasteiger partial charge in [-0.2, -0.15) is 0 Å². The number of hydrogen-bond acceptors (Lipinski definition) is 3. The maximum atomic E-state index is 11.8. The fourth-order valence-corrected chi connectivity index (χ4v) is 2.51. The number of carbonyl (C=O) groups is 1. The fourth-order valence-electron chi connectivity index (χ4n) is 2.51. The second-order valence-corrected chi connectivity index (χ2v) is 5.21. The van der Waals surface area contributed by atoms with Crippen molar-refractivity contribution in [1.29, 1.82) is 0 Å². The average molecular weight is 235 g/mol. The van der Waals surface area contributed by atoms with Gasteiger partial charge in [-0.05, 0) is 30.9 Å². The molecule has 0 aromatic carbocycles. The summed E-state index contributed by atoms with van der Waals surface area (Å²) in [6, 6.07) is 3.71. The Bertz CT molecular complexity index is 402. The summed E-state index contributed by atoms with van der Waals surface area (Å²) in [6.07, 6.45) is 4.96. The van der Waals surface area contributed by atoms with Gasteiger partial charge in [-0.15, -0.1) is 0 Å². The first-order chi connectivity index (χ1) is 8.17. The smallest absolute Gasteiger partial charge is 0.223 e. The molecule has 92 valence electrons. The van der Waals surface area contributed by atoms with Crippen LogP contribution in [0.25, 0.3) is 0 Å².